The summed E-state index contributed by atoms with van der Waals surface area (Å²) in [5.74, 6) is 0.518. The summed E-state index contributed by atoms with van der Waals surface area (Å²) in [5.41, 5.74) is 1.52. The molecule has 1 amide bonds. The lowest BCUT2D eigenvalue weighted by molar-refractivity contribution is 0.0693. The van der Waals surface area contributed by atoms with Crippen molar-refractivity contribution in [1.29, 1.82) is 0 Å². The van der Waals surface area contributed by atoms with Crippen molar-refractivity contribution in [3.05, 3.63) is 67.9 Å². The number of halogens is 1. The third-order valence-corrected chi connectivity index (χ3v) is 5.42. The molecule has 0 spiro atoms. The van der Waals surface area contributed by atoms with Crippen LogP contribution in [0.15, 0.2) is 56.0 Å². The van der Waals surface area contributed by atoms with Gasteiger partial charge in [-0.15, -0.1) is 11.3 Å². The van der Waals surface area contributed by atoms with E-state index < -0.39 is 0 Å². The number of amides is 1. The molecule has 4 nitrogen and oxygen atoms in total. The summed E-state index contributed by atoms with van der Waals surface area (Å²) in [6.45, 7) is 0. The molecule has 0 saturated heterocycles. The maximum Gasteiger partial charge on any atom is 0.275 e. The number of carbonyl (C=O) groups excluding carboxylic acids is 1. The molecule has 23 heavy (non-hydrogen) atoms. The number of furan rings is 1. The third-order valence-electron chi connectivity index (χ3n) is 3.61. The second kappa shape index (κ2) is 5.96. The topological polar surface area (TPSA) is 45.8 Å². The Morgan fingerprint density at radius 2 is 2.22 bits per heavy atom. The molecule has 1 aliphatic rings. The fourth-order valence-electron chi connectivity index (χ4n) is 2.54. The van der Waals surface area contributed by atoms with E-state index in [-0.39, 0.29) is 11.9 Å². The van der Waals surface area contributed by atoms with Gasteiger partial charge in [-0.05, 0) is 46.6 Å². The highest BCUT2D eigenvalue weighted by molar-refractivity contribution is 7.12. The number of hydrazone groups is 1. The Bertz CT molecular complexity index is 853. The normalized spacial score (nSPS) is 17.5. The number of nitrogens with zero attached hydrogens (tertiary/aromatic N) is 2. The molecule has 116 valence electrons. The third kappa shape index (κ3) is 2.73. The van der Waals surface area contributed by atoms with Crippen LogP contribution in [-0.4, -0.2) is 16.6 Å². The van der Waals surface area contributed by atoms with Crippen LogP contribution in [0.3, 0.4) is 0 Å². The lowest BCUT2D eigenvalue weighted by Gasteiger charge is -2.19. The van der Waals surface area contributed by atoms with Crippen molar-refractivity contribution in [2.45, 2.75) is 12.5 Å². The largest absolute Gasteiger partial charge is 0.447 e. The van der Waals surface area contributed by atoms with Crippen LogP contribution in [0, 0.1) is 0 Å². The first-order valence-electron chi connectivity index (χ1n) is 6.95. The SMILES string of the molecule is O=C(c1ccsc1)N1N=C(c2cccs2)CC1c1ccc(Cl)o1. The Kier molecular flexibility index (Phi) is 3.80. The molecular weight excluding hydrogens is 352 g/mol. The minimum absolute atomic E-state index is 0.129. The Hall–Kier alpha value is -1.89. The van der Waals surface area contributed by atoms with Crippen LogP contribution < -0.4 is 0 Å². The monoisotopic (exact) mass is 362 g/mol. The van der Waals surface area contributed by atoms with Crippen LogP contribution in [0.25, 0.3) is 0 Å². The number of carbonyl (C=O) groups is 1. The van der Waals surface area contributed by atoms with Gasteiger partial charge in [-0.2, -0.15) is 16.4 Å². The fourth-order valence-corrected chi connectivity index (χ4v) is 4.04. The summed E-state index contributed by atoms with van der Waals surface area (Å²) in [5, 5.41) is 12.1. The summed E-state index contributed by atoms with van der Waals surface area (Å²) in [6.07, 6.45) is 0.611. The first-order chi connectivity index (χ1) is 11.2. The zero-order valence-corrected chi connectivity index (χ0v) is 14.2. The molecule has 0 bridgehead atoms. The molecule has 0 N–H and O–H groups in total. The van der Waals surface area contributed by atoms with Crippen LogP contribution in [0.4, 0.5) is 0 Å². The van der Waals surface area contributed by atoms with Crippen LogP contribution in [0.5, 0.6) is 0 Å². The van der Waals surface area contributed by atoms with Gasteiger partial charge < -0.3 is 4.42 Å². The summed E-state index contributed by atoms with van der Waals surface area (Å²) in [4.78, 5) is 13.8. The van der Waals surface area contributed by atoms with Gasteiger partial charge in [0.2, 0.25) is 0 Å². The van der Waals surface area contributed by atoms with Gasteiger partial charge in [0.1, 0.15) is 11.8 Å². The summed E-state index contributed by atoms with van der Waals surface area (Å²) in [7, 11) is 0. The average Bonchev–Trinajstić information content (AvgIpc) is 3.31. The number of rotatable bonds is 3. The van der Waals surface area contributed by atoms with Gasteiger partial charge >= 0.3 is 0 Å². The van der Waals surface area contributed by atoms with Crippen molar-refractivity contribution < 1.29 is 9.21 Å². The van der Waals surface area contributed by atoms with Crippen molar-refractivity contribution in [2.75, 3.05) is 0 Å². The maximum absolute atomic E-state index is 12.8. The van der Waals surface area contributed by atoms with Crippen molar-refractivity contribution in [1.82, 2.24) is 5.01 Å². The minimum Gasteiger partial charge on any atom is -0.447 e. The molecule has 1 atom stereocenters. The van der Waals surface area contributed by atoms with Crippen LogP contribution >= 0.6 is 34.3 Å². The Morgan fingerprint density at radius 1 is 1.30 bits per heavy atom. The first kappa shape index (κ1) is 14.7. The maximum atomic E-state index is 12.8. The molecule has 0 aromatic carbocycles. The lowest BCUT2D eigenvalue weighted by Crippen LogP contribution is -2.26. The van der Waals surface area contributed by atoms with E-state index >= 15 is 0 Å². The quantitative estimate of drug-likeness (QED) is 0.654. The van der Waals surface area contributed by atoms with Gasteiger partial charge in [-0.3, -0.25) is 4.79 Å². The van der Waals surface area contributed by atoms with Crippen molar-refractivity contribution in [3.8, 4) is 0 Å². The second-order valence-electron chi connectivity index (χ2n) is 5.05. The van der Waals surface area contributed by atoms with Crippen LogP contribution in [0.2, 0.25) is 5.22 Å². The van der Waals surface area contributed by atoms with Crippen molar-refractivity contribution in [3.63, 3.8) is 0 Å². The standard InChI is InChI=1S/C16H11ClN2O2S2/c17-15-4-3-13(21-15)12-8-11(14-2-1-6-23-14)18-19(12)16(20)10-5-7-22-9-10/h1-7,9,12H,8H2. The van der Waals surface area contributed by atoms with Gasteiger partial charge in [-0.1, -0.05) is 6.07 Å². The van der Waals surface area contributed by atoms with E-state index in [1.807, 2.05) is 28.3 Å². The summed E-state index contributed by atoms with van der Waals surface area (Å²) in [6, 6.07) is 9.00. The van der Waals surface area contributed by atoms with Gasteiger partial charge in [0.25, 0.3) is 5.91 Å². The predicted molar refractivity (Wildman–Crippen MR) is 92.4 cm³/mol. The number of hydrogen-bond acceptors (Lipinski definition) is 5. The van der Waals surface area contributed by atoms with E-state index in [2.05, 4.69) is 5.10 Å². The molecule has 3 aromatic rings. The Balaban J connectivity index is 1.72. The minimum atomic E-state index is -0.271. The molecule has 4 rings (SSSR count). The lowest BCUT2D eigenvalue weighted by atomic mass is 10.1. The highest BCUT2D eigenvalue weighted by atomic mass is 35.5. The van der Waals surface area contributed by atoms with E-state index in [0.717, 1.165) is 10.6 Å². The van der Waals surface area contributed by atoms with E-state index in [1.165, 1.54) is 16.3 Å². The molecule has 7 heteroatoms. The first-order valence-corrected chi connectivity index (χ1v) is 9.15. The molecule has 1 aliphatic heterocycles. The zero-order chi connectivity index (χ0) is 15.8. The van der Waals surface area contributed by atoms with E-state index in [0.29, 0.717) is 23.0 Å². The van der Waals surface area contributed by atoms with Crippen molar-refractivity contribution in [2.24, 2.45) is 5.10 Å². The molecule has 4 heterocycles. The Labute approximate surface area is 145 Å². The molecule has 0 radical (unpaired) electrons. The molecule has 1 unspecified atom stereocenters. The smallest absolute Gasteiger partial charge is 0.275 e. The molecular formula is C16H11ClN2O2S2. The number of thiophene rings is 2. The molecule has 0 aliphatic carbocycles. The highest BCUT2D eigenvalue weighted by Gasteiger charge is 2.36. The van der Waals surface area contributed by atoms with Crippen LogP contribution in [0.1, 0.15) is 33.5 Å². The van der Waals surface area contributed by atoms with Gasteiger partial charge in [-0.25, -0.2) is 5.01 Å². The van der Waals surface area contributed by atoms with Gasteiger partial charge in [0.05, 0.1) is 16.2 Å². The second-order valence-corrected chi connectivity index (χ2v) is 7.15. The summed E-state index contributed by atoms with van der Waals surface area (Å²) < 4.78 is 5.54. The van der Waals surface area contributed by atoms with Gasteiger partial charge in [0, 0.05) is 11.8 Å². The van der Waals surface area contributed by atoms with Crippen molar-refractivity contribution >= 4 is 45.9 Å². The predicted octanol–water partition coefficient (Wildman–Crippen LogP) is 5.05. The van der Waals surface area contributed by atoms with E-state index in [1.54, 1.807) is 29.5 Å². The highest BCUT2D eigenvalue weighted by Crippen LogP contribution is 2.36. The average molecular weight is 363 g/mol. The van der Waals surface area contributed by atoms with E-state index in [9.17, 15) is 4.79 Å². The number of hydrogen-bond donors (Lipinski definition) is 0. The molecule has 0 fully saturated rings. The van der Waals surface area contributed by atoms with Crippen LogP contribution in [-0.2, 0) is 0 Å². The van der Waals surface area contributed by atoms with E-state index in [4.69, 9.17) is 16.0 Å². The fraction of sp³-hybridized carbons (Fsp3) is 0.125. The molecule has 0 saturated carbocycles. The van der Waals surface area contributed by atoms with Gasteiger partial charge in [0.15, 0.2) is 5.22 Å². The molecule has 3 aromatic heterocycles. The zero-order valence-electron chi connectivity index (χ0n) is 11.8. The summed E-state index contributed by atoms with van der Waals surface area (Å²) >= 11 is 9.00. The Morgan fingerprint density at radius 3 is 2.87 bits per heavy atom.